The summed E-state index contributed by atoms with van der Waals surface area (Å²) >= 11 is 5.81. The molecule has 0 spiro atoms. The summed E-state index contributed by atoms with van der Waals surface area (Å²) in [5, 5.41) is 26.2. The van der Waals surface area contributed by atoms with Gasteiger partial charge < -0.3 is 15.7 Å². The van der Waals surface area contributed by atoms with Gasteiger partial charge >= 0.3 is 0 Å². The number of aliphatic hydroxyl groups excluding tert-OH is 1. The number of carbonyl (C=O) groups excluding carboxylic acids is 3. The van der Waals surface area contributed by atoms with Crippen molar-refractivity contribution in [1.82, 2.24) is 15.7 Å². The molecule has 2 atom stereocenters. The van der Waals surface area contributed by atoms with E-state index in [1.807, 2.05) is 30.3 Å². The molecule has 0 aliphatic rings. The second-order valence-electron chi connectivity index (χ2n) is 8.99. The van der Waals surface area contributed by atoms with Crippen molar-refractivity contribution in [3.8, 4) is 11.8 Å². The minimum absolute atomic E-state index is 0.245. The van der Waals surface area contributed by atoms with Crippen LogP contribution in [0.3, 0.4) is 0 Å². The van der Waals surface area contributed by atoms with Crippen LogP contribution in [-0.2, 0) is 20.9 Å². The van der Waals surface area contributed by atoms with Gasteiger partial charge in [0.1, 0.15) is 18.7 Å². The third-order valence-electron chi connectivity index (χ3n) is 4.97. The van der Waals surface area contributed by atoms with Crippen molar-refractivity contribution >= 4 is 29.3 Å². The first-order valence-corrected chi connectivity index (χ1v) is 11.4. The van der Waals surface area contributed by atoms with Crippen LogP contribution in [0.1, 0.15) is 38.3 Å². The maximum absolute atomic E-state index is 12.8. The van der Waals surface area contributed by atoms with Gasteiger partial charge in [0, 0.05) is 17.1 Å². The fraction of sp³-hybridized carbons (Fsp3) is 0.346. The lowest BCUT2D eigenvalue weighted by atomic mass is 9.86. The number of hydrogen-bond donors (Lipinski definition) is 4. The van der Waals surface area contributed by atoms with Gasteiger partial charge in [0.2, 0.25) is 11.8 Å². The SMILES string of the molecule is CC(C)(C)C(NC(=O)CC(O)C(=O)N(O)CC#Cc1ccc(Cl)cc1)C(=O)NCc1ccccc1. The number of carbonyl (C=O) groups is 3. The number of nitrogens with one attached hydrogen (secondary N) is 2. The van der Waals surface area contributed by atoms with E-state index in [0.717, 1.165) is 5.56 Å². The van der Waals surface area contributed by atoms with E-state index in [1.54, 1.807) is 45.0 Å². The highest BCUT2D eigenvalue weighted by Crippen LogP contribution is 2.20. The van der Waals surface area contributed by atoms with Crippen LogP contribution in [0, 0.1) is 17.3 Å². The summed E-state index contributed by atoms with van der Waals surface area (Å²) in [6, 6.07) is 15.1. The maximum atomic E-state index is 12.8. The molecule has 8 nitrogen and oxygen atoms in total. The third-order valence-corrected chi connectivity index (χ3v) is 5.22. The van der Waals surface area contributed by atoms with Gasteiger partial charge in [0.05, 0.1) is 6.42 Å². The molecule has 3 amide bonds. The number of amides is 3. The summed E-state index contributed by atoms with van der Waals surface area (Å²) in [5.74, 6) is 3.17. The van der Waals surface area contributed by atoms with Gasteiger partial charge in [-0.1, -0.05) is 74.5 Å². The number of aliphatic hydroxyl groups is 1. The normalized spacial score (nSPS) is 12.5. The van der Waals surface area contributed by atoms with Crippen molar-refractivity contribution in [1.29, 1.82) is 0 Å². The zero-order chi connectivity index (χ0) is 26.0. The number of hydroxylamine groups is 2. The largest absolute Gasteiger partial charge is 0.383 e. The van der Waals surface area contributed by atoms with Gasteiger partial charge in [-0.05, 0) is 35.2 Å². The lowest BCUT2D eigenvalue weighted by Gasteiger charge is -2.30. The highest BCUT2D eigenvalue weighted by Gasteiger charge is 2.34. The highest BCUT2D eigenvalue weighted by molar-refractivity contribution is 6.30. The zero-order valence-electron chi connectivity index (χ0n) is 19.9. The molecule has 0 heterocycles. The Morgan fingerprint density at radius 3 is 2.29 bits per heavy atom. The number of benzene rings is 2. The Bertz CT molecular complexity index is 1070. The van der Waals surface area contributed by atoms with E-state index in [2.05, 4.69) is 22.5 Å². The van der Waals surface area contributed by atoms with Gasteiger partial charge in [0.25, 0.3) is 5.91 Å². The van der Waals surface area contributed by atoms with Gasteiger partial charge in [-0.25, -0.2) is 5.06 Å². The van der Waals surface area contributed by atoms with Crippen LogP contribution in [-0.4, -0.2) is 51.8 Å². The van der Waals surface area contributed by atoms with Crippen molar-refractivity contribution in [2.45, 2.75) is 45.9 Å². The van der Waals surface area contributed by atoms with E-state index in [0.29, 0.717) is 17.1 Å². The standard InChI is InChI=1S/C26H30ClN3O5/c1-26(2,3)23(24(33)28-17-19-8-5-4-6-9-19)29-22(32)16-21(31)25(34)30(35)15-7-10-18-11-13-20(27)14-12-18/h4-6,8-9,11-14,21,23,31,35H,15-17H2,1-3H3,(H,28,33)(H,29,32). The molecule has 4 N–H and O–H groups in total. The number of halogens is 1. The lowest BCUT2D eigenvalue weighted by Crippen LogP contribution is -2.54. The monoisotopic (exact) mass is 499 g/mol. The summed E-state index contributed by atoms with van der Waals surface area (Å²) in [6.45, 7) is 5.29. The molecule has 2 unspecified atom stereocenters. The highest BCUT2D eigenvalue weighted by atomic mass is 35.5. The fourth-order valence-corrected chi connectivity index (χ4v) is 3.17. The minimum Gasteiger partial charge on any atom is -0.383 e. The average molecular weight is 500 g/mol. The number of rotatable bonds is 8. The molecule has 0 aromatic heterocycles. The van der Waals surface area contributed by atoms with Crippen LogP contribution in [0.15, 0.2) is 54.6 Å². The summed E-state index contributed by atoms with van der Waals surface area (Å²) in [5.41, 5.74) is 0.906. The lowest BCUT2D eigenvalue weighted by molar-refractivity contribution is -0.173. The minimum atomic E-state index is -1.80. The first kappa shape index (κ1) is 27.9. The number of nitrogens with zero attached hydrogens (tertiary/aromatic N) is 1. The Kier molecular flexibility index (Phi) is 10.3. The predicted octanol–water partition coefficient (Wildman–Crippen LogP) is 2.51. The van der Waals surface area contributed by atoms with Crippen molar-refractivity contribution in [3.63, 3.8) is 0 Å². The Morgan fingerprint density at radius 1 is 1.06 bits per heavy atom. The van der Waals surface area contributed by atoms with Crippen LogP contribution in [0.4, 0.5) is 0 Å². The Morgan fingerprint density at radius 2 is 1.69 bits per heavy atom. The van der Waals surface area contributed by atoms with E-state index >= 15 is 0 Å². The Balaban J connectivity index is 1.90. The second-order valence-corrected chi connectivity index (χ2v) is 9.43. The van der Waals surface area contributed by atoms with Gasteiger partial charge in [-0.2, -0.15) is 0 Å². The molecule has 2 aromatic rings. The van der Waals surface area contributed by atoms with E-state index in [9.17, 15) is 24.7 Å². The third kappa shape index (κ3) is 9.41. The van der Waals surface area contributed by atoms with Crippen LogP contribution in [0.5, 0.6) is 0 Å². The maximum Gasteiger partial charge on any atom is 0.276 e. The summed E-state index contributed by atoms with van der Waals surface area (Å²) < 4.78 is 0. The molecule has 0 saturated carbocycles. The van der Waals surface area contributed by atoms with Gasteiger partial charge in [-0.15, -0.1) is 0 Å². The topological polar surface area (TPSA) is 119 Å². The molecule has 9 heteroatoms. The molecule has 186 valence electrons. The predicted molar refractivity (Wildman–Crippen MR) is 132 cm³/mol. The second kappa shape index (κ2) is 12.9. The van der Waals surface area contributed by atoms with Crippen LogP contribution >= 0.6 is 11.6 Å². The smallest absolute Gasteiger partial charge is 0.276 e. The van der Waals surface area contributed by atoms with Crippen LogP contribution in [0.2, 0.25) is 5.02 Å². The molecular weight excluding hydrogens is 470 g/mol. The van der Waals surface area contributed by atoms with Crippen molar-refractivity contribution in [3.05, 3.63) is 70.7 Å². The summed E-state index contributed by atoms with van der Waals surface area (Å²) in [4.78, 5) is 37.5. The van der Waals surface area contributed by atoms with Crippen molar-refractivity contribution in [2.24, 2.45) is 5.41 Å². The molecule has 0 saturated heterocycles. The molecule has 0 bridgehead atoms. The first-order chi connectivity index (χ1) is 16.5. The Labute approximate surface area is 210 Å². The van der Waals surface area contributed by atoms with Gasteiger partial charge in [-0.3, -0.25) is 19.6 Å². The average Bonchev–Trinajstić information content (AvgIpc) is 2.81. The Hall–Kier alpha value is -3.38. The summed E-state index contributed by atoms with van der Waals surface area (Å²) in [7, 11) is 0. The van der Waals surface area contributed by atoms with E-state index in [1.165, 1.54) is 0 Å². The van der Waals surface area contributed by atoms with E-state index in [4.69, 9.17) is 11.6 Å². The quantitative estimate of drug-likeness (QED) is 0.253. The van der Waals surface area contributed by atoms with Crippen molar-refractivity contribution < 1.29 is 24.7 Å². The number of hydrogen-bond acceptors (Lipinski definition) is 5. The molecule has 0 radical (unpaired) electrons. The van der Waals surface area contributed by atoms with Crippen molar-refractivity contribution in [2.75, 3.05) is 6.54 Å². The van der Waals surface area contributed by atoms with E-state index in [-0.39, 0.29) is 11.6 Å². The molecule has 0 aliphatic carbocycles. The fourth-order valence-electron chi connectivity index (χ4n) is 3.04. The zero-order valence-corrected chi connectivity index (χ0v) is 20.7. The molecule has 2 rings (SSSR count). The van der Waals surface area contributed by atoms with E-state index < -0.39 is 41.7 Å². The molecule has 0 fully saturated rings. The molecular formula is C26H30ClN3O5. The molecule has 35 heavy (non-hydrogen) atoms. The van der Waals surface area contributed by atoms with Crippen LogP contribution in [0.25, 0.3) is 0 Å². The van der Waals surface area contributed by atoms with Crippen LogP contribution < -0.4 is 10.6 Å². The molecule has 0 aliphatic heterocycles. The summed E-state index contributed by atoms with van der Waals surface area (Å²) in [6.07, 6.45) is -2.43. The van der Waals surface area contributed by atoms with Gasteiger partial charge in [0.15, 0.2) is 0 Å². The first-order valence-electron chi connectivity index (χ1n) is 11.0. The molecule has 2 aromatic carbocycles.